The van der Waals surface area contributed by atoms with Gasteiger partial charge in [0.2, 0.25) is 0 Å². The van der Waals surface area contributed by atoms with Crippen LogP contribution in [0.2, 0.25) is 0 Å². The van der Waals surface area contributed by atoms with Gasteiger partial charge in [-0.3, -0.25) is 4.79 Å². The summed E-state index contributed by atoms with van der Waals surface area (Å²) in [4.78, 5) is 10.9. The summed E-state index contributed by atoms with van der Waals surface area (Å²) in [6, 6.07) is 3.98. The van der Waals surface area contributed by atoms with E-state index >= 15 is 0 Å². The maximum absolute atomic E-state index is 12.9. The molecule has 0 amide bonds. The van der Waals surface area contributed by atoms with Crippen molar-refractivity contribution in [2.45, 2.75) is 36.9 Å². The van der Waals surface area contributed by atoms with Crippen LogP contribution >= 0.6 is 0 Å². The molecule has 2 N–H and O–H groups in total. The second kappa shape index (κ2) is 3.65. The third kappa shape index (κ3) is 1.86. The maximum Gasteiger partial charge on any atom is 0.418 e. The molecule has 0 bridgehead atoms. The lowest BCUT2D eigenvalue weighted by Crippen LogP contribution is -2.24. The van der Waals surface area contributed by atoms with Crippen LogP contribution in [0.15, 0.2) is 18.2 Å². The van der Waals surface area contributed by atoms with Gasteiger partial charge in [-0.2, -0.15) is 13.2 Å². The lowest BCUT2D eigenvalue weighted by molar-refractivity contribution is -0.138. The van der Waals surface area contributed by atoms with Crippen molar-refractivity contribution in [3.05, 3.63) is 29.3 Å². The summed E-state index contributed by atoms with van der Waals surface area (Å²) in [5.41, 5.74) is -0.625. The molecule has 1 fully saturated rings. The van der Waals surface area contributed by atoms with Gasteiger partial charge in [-0.15, -0.1) is 0 Å². The van der Waals surface area contributed by atoms with Crippen LogP contribution < -0.4 is 5.32 Å². The van der Waals surface area contributed by atoms with Gasteiger partial charge in [-0.25, -0.2) is 0 Å². The van der Waals surface area contributed by atoms with Crippen molar-refractivity contribution in [3.8, 4) is 0 Å². The van der Waals surface area contributed by atoms with E-state index in [-0.39, 0.29) is 18.0 Å². The van der Waals surface area contributed by atoms with Gasteiger partial charge in [0.25, 0.3) is 0 Å². The molecule has 19 heavy (non-hydrogen) atoms. The summed E-state index contributed by atoms with van der Waals surface area (Å²) in [7, 11) is 0. The smallest absolute Gasteiger partial charge is 0.418 e. The Morgan fingerprint density at radius 3 is 2.63 bits per heavy atom. The maximum atomic E-state index is 12.9. The first-order valence-corrected chi connectivity index (χ1v) is 6.03. The van der Waals surface area contributed by atoms with Crippen molar-refractivity contribution < 1.29 is 23.1 Å². The van der Waals surface area contributed by atoms with Gasteiger partial charge in [-0.1, -0.05) is 12.1 Å². The van der Waals surface area contributed by atoms with E-state index < -0.39 is 23.2 Å². The number of carboxylic acids is 1. The molecule has 0 saturated heterocycles. The number of carboxylic acid groups (broad SMARTS) is 1. The van der Waals surface area contributed by atoms with Crippen LogP contribution in [0.1, 0.15) is 36.3 Å². The van der Waals surface area contributed by atoms with Crippen LogP contribution in [0.4, 0.5) is 18.9 Å². The summed E-state index contributed by atoms with van der Waals surface area (Å²) in [5, 5.41) is 11.9. The normalized spacial score (nSPS) is 23.0. The average Bonchev–Trinajstić information content (AvgIpc) is 2.98. The SMILES string of the molecule is O=C(O)CC1c2cccc(C(F)(F)F)c2NC12CC2. The number of para-hydroxylation sites is 1. The van der Waals surface area contributed by atoms with Gasteiger partial charge < -0.3 is 10.4 Å². The first-order chi connectivity index (χ1) is 8.83. The molecule has 0 radical (unpaired) electrons. The van der Waals surface area contributed by atoms with E-state index in [1.165, 1.54) is 6.07 Å². The highest BCUT2D eigenvalue weighted by Crippen LogP contribution is 2.59. The number of fused-ring (bicyclic) bond motifs is 1. The molecular weight excluding hydrogens is 259 g/mol. The molecule has 1 unspecified atom stereocenters. The van der Waals surface area contributed by atoms with Crippen molar-refractivity contribution in [2.75, 3.05) is 5.32 Å². The third-order valence-corrected chi connectivity index (χ3v) is 3.99. The van der Waals surface area contributed by atoms with Gasteiger partial charge in [0.1, 0.15) is 0 Å². The van der Waals surface area contributed by atoms with E-state index in [1.54, 1.807) is 6.07 Å². The van der Waals surface area contributed by atoms with Crippen LogP contribution in [0.5, 0.6) is 0 Å². The molecule has 3 rings (SSSR count). The predicted octanol–water partition coefficient (Wildman–Crippen LogP) is 3.22. The summed E-state index contributed by atoms with van der Waals surface area (Å²) in [5.74, 6) is -1.36. The van der Waals surface area contributed by atoms with Gasteiger partial charge in [0.15, 0.2) is 0 Å². The summed E-state index contributed by atoms with van der Waals surface area (Å²) in [6.07, 6.45) is -3.12. The Morgan fingerprint density at radius 1 is 1.42 bits per heavy atom. The number of aliphatic carboxylic acids is 1. The molecule has 1 atom stereocenters. The number of hydrogen-bond acceptors (Lipinski definition) is 2. The average molecular weight is 271 g/mol. The largest absolute Gasteiger partial charge is 0.481 e. The topological polar surface area (TPSA) is 49.3 Å². The number of hydrogen-bond donors (Lipinski definition) is 2. The van der Waals surface area contributed by atoms with E-state index in [0.29, 0.717) is 5.56 Å². The van der Waals surface area contributed by atoms with Crippen LogP contribution in [-0.4, -0.2) is 16.6 Å². The first-order valence-electron chi connectivity index (χ1n) is 6.03. The van der Waals surface area contributed by atoms with E-state index in [0.717, 1.165) is 18.9 Å². The molecule has 3 nitrogen and oxygen atoms in total. The van der Waals surface area contributed by atoms with Crippen molar-refractivity contribution >= 4 is 11.7 Å². The molecule has 1 aromatic rings. The summed E-state index contributed by atoms with van der Waals surface area (Å²) < 4.78 is 38.8. The monoisotopic (exact) mass is 271 g/mol. The fourth-order valence-electron chi connectivity index (χ4n) is 2.96. The Hall–Kier alpha value is -1.72. The van der Waals surface area contributed by atoms with Crippen LogP contribution in [0.3, 0.4) is 0 Å². The molecule has 6 heteroatoms. The van der Waals surface area contributed by atoms with Gasteiger partial charge in [-0.05, 0) is 24.5 Å². The quantitative estimate of drug-likeness (QED) is 0.868. The van der Waals surface area contributed by atoms with Crippen molar-refractivity contribution in [1.29, 1.82) is 0 Å². The molecular formula is C13H12F3NO2. The fraction of sp³-hybridized carbons (Fsp3) is 0.462. The minimum Gasteiger partial charge on any atom is -0.481 e. The molecule has 1 aliphatic carbocycles. The number of halogens is 3. The molecule has 0 aromatic heterocycles. The minimum absolute atomic E-state index is 0.0683. The molecule has 1 heterocycles. The number of benzene rings is 1. The van der Waals surface area contributed by atoms with Gasteiger partial charge in [0, 0.05) is 11.5 Å². The summed E-state index contributed by atoms with van der Waals surface area (Å²) >= 11 is 0. The standard InChI is InChI=1S/C13H12F3NO2/c14-13(15,16)8-3-1-2-7-9(6-10(18)19)12(4-5-12)17-11(7)8/h1-3,9,17H,4-6H2,(H,18,19). The van der Waals surface area contributed by atoms with Crippen molar-refractivity contribution in [2.24, 2.45) is 0 Å². The lowest BCUT2D eigenvalue weighted by Gasteiger charge is -2.17. The third-order valence-electron chi connectivity index (χ3n) is 3.99. The van der Waals surface area contributed by atoms with E-state index in [4.69, 9.17) is 5.11 Å². The Kier molecular flexibility index (Phi) is 2.37. The molecule has 1 saturated carbocycles. The molecule has 102 valence electrons. The Bertz CT molecular complexity index is 549. The predicted molar refractivity (Wildman–Crippen MR) is 62.0 cm³/mol. The molecule has 1 spiro atoms. The van der Waals surface area contributed by atoms with E-state index in [1.807, 2.05) is 0 Å². The van der Waals surface area contributed by atoms with Crippen LogP contribution in [0, 0.1) is 0 Å². The molecule has 2 aliphatic rings. The van der Waals surface area contributed by atoms with Gasteiger partial charge >= 0.3 is 12.1 Å². The molecule has 1 aliphatic heterocycles. The highest BCUT2D eigenvalue weighted by atomic mass is 19.4. The minimum atomic E-state index is -4.42. The highest BCUT2D eigenvalue weighted by Gasteiger charge is 2.56. The van der Waals surface area contributed by atoms with E-state index in [2.05, 4.69) is 5.32 Å². The number of anilines is 1. The highest BCUT2D eigenvalue weighted by molar-refractivity contribution is 5.75. The zero-order chi connectivity index (χ0) is 13.8. The van der Waals surface area contributed by atoms with Crippen molar-refractivity contribution in [1.82, 2.24) is 0 Å². The van der Waals surface area contributed by atoms with Crippen LogP contribution in [-0.2, 0) is 11.0 Å². The Morgan fingerprint density at radius 2 is 2.11 bits per heavy atom. The zero-order valence-corrected chi connectivity index (χ0v) is 9.92. The zero-order valence-electron chi connectivity index (χ0n) is 9.92. The Balaban J connectivity index is 2.08. The Labute approximate surface area is 107 Å². The van der Waals surface area contributed by atoms with Gasteiger partial charge in [0.05, 0.1) is 17.7 Å². The lowest BCUT2D eigenvalue weighted by atomic mass is 9.89. The number of alkyl halides is 3. The van der Waals surface area contributed by atoms with E-state index in [9.17, 15) is 18.0 Å². The fourth-order valence-corrected chi connectivity index (χ4v) is 2.96. The number of rotatable bonds is 2. The first kappa shape index (κ1) is 12.3. The number of nitrogens with one attached hydrogen (secondary N) is 1. The number of carbonyl (C=O) groups is 1. The molecule has 1 aromatic carbocycles. The second-order valence-corrected chi connectivity index (χ2v) is 5.20. The van der Waals surface area contributed by atoms with Crippen LogP contribution in [0.25, 0.3) is 0 Å². The second-order valence-electron chi connectivity index (χ2n) is 5.20. The summed E-state index contributed by atoms with van der Waals surface area (Å²) in [6.45, 7) is 0. The van der Waals surface area contributed by atoms with Crippen molar-refractivity contribution in [3.63, 3.8) is 0 Å².